The molecule has 1 atom stereocenters. The molecule has 0 radical (unpaired) electrons. The first kappa shape index (κ1) is 19.4. The maximum Gasteiger partial charge on any atom is 0.226 e. The summed E-state index contributed by atoms with van der Waals surface area (Å²) in [5.41, 5.74) is 3.70. The van der Waals surface area contributed by atoms with Gasteiger partial charge in [0.1, 0.15) is 10.8 Å². The normalized spacial score (nSPS) is 11.9. The van der Waals surface area contributed by atoms with Crippen molar-refractivity contribution in [2.45, 2.75) is 26.3 Å². The maximum absolute atomic E-state index is 12.5. The number of hydrogen-bond donors (Lipinski definition) is 1. The third kappa shape index (κ3) is 4.67. The highest BCUT2D eigenvalue weighted by molar-refractivity contribution is 7.13. The number of carbonyl (C=O) groups excluding carboxylic acids is 1. The van der Waals surface area contributed by atoms with Crippen molar-refractivity contribution in [2.75, 3.05) is 7.11 Å². The Hall–Kier alpha value is -2.37. The highest BCUT2D eigenvalue weighted by Crippen LogP contribution is 2.30. The molecule has 0 aliphatic heterocycles. The standard InChI is InChI=1S/C21H21ClN2O2S/c1-13-8-9-19(26-3)17(10-13)14(2)23-20(25)11-15-12-27-21(24-15)16-6-4-5-7-18(16)22/h4-10,12,14H,11H2,1-3H3,(H,23,25). The van der Waals surface area contributed by atoms with Crippen LogP contribution in [0.15, 0.2) is 47.8 Å². The number of ether oxygens (including phenoxy) is 1. The van der Waals surface area contributed by atoms with Crippen LogP contribution in [0.2, 0.25) is 5.02 Å². The molecule has 1 unspecified atom stereocenters. The zero-order valence-electron chi connectivity index (χ0n) is 15.5. The SMILES string of the molecule is COc1ccc(C)cc1C(C)NC(=O)Cc1csc(-c2ccccc2Cl)n1. The van der Waals surface area contributed by atoms with E-state index in [1.54, 1.807) is 7.11 Å². The Balaban J connectivity index is 1.68. The Morgan fingerprint density at radius 2 is 2.07 bits per heavy atom. The van der Waals surface area contributed by atoms with Gasteiger partial charge in [0.2, 0.25) is 5.91 Å². The topological polar surface area (TPSA) is 51.2 Å². The van der Waals surface area contributed by atoms with E-state index in [-0.39, 0.29) is 18.4 Å². The second-order valence-corrected chi connectivity index (χ2v) is 7.60. The smallest absolute Gasteiger partial charge is 0.226 e. The monoisotopic (exact) mass is 400 g/mol. The fourth-order valence-corrected chi connectivity index (χ4v) is 4.01. The number of nitrogens with zero attached hydrogens (tertiary/aromatic N) is 1. The lowest BCUT2D eigenvalue weighted by Crippen LogP contribution is -2.28. The van der Waals surface area contributed by atoms with Crippen LogP contribution >= 0.6 is 22.9 Å². The quantitative estimate of drug-likeness (QED) is 0.618. The number of benzene rings is 2. The number of carbonyl (C=O) groups is 1. The highest BCUT2D eigenvalue weighted by atomic mass is 35.5. The molecule has 3 aromatic rings. The van der Waals surface area contributed by atoms with E-state index in [9.17, 15) is 4.79 Å². The van der Waals surface area contributed by atoms with Gasteiger partial charge in [0.15, 0.2) is 0 Å². The number of aryl methyl sites for hydroxylation is 1. The van der Waals surface area contributed by atoms with Gasteiger partial charge in [0, 0.05) is 16.5 Å². The van der Waals surface area contributed by atoms with Crippen molar-refractivity contribution in [3.8, 4) is 16.3 Å². The number of rotatable bonds is 6. The molecule has 1 N–H and O–H groups in total. The van der Waals surface area contributed by atoms with Crippen molar-refractivity contribution in [3.63, 3.8) is 0 Å². The van der Waals surface area contributed by atoms with Crippen LogP contribution in [-0.4, -0.2) is 18.0 Å². The van der Waals surface area contributed by atoms with E-state index in [4.69, 9.17) is 16.3 Å². The van der Waals surface area contributed by atoms with E-state index in [0.717, 1.165) is 33.1 Å². The summed E-state index contributed by atoms with van der Waals surface area (Å²) in [6, 6.07) is 13.3. The molecule has 0 aliphatic rings. The van der Waals surface area contributed by atoms with Gasteiger partial charge in [-0.1, -0.05) is 47.5 Å². The molecule has 1 amide bonds. The first-order chi connectivity index (χ1) is 13.0. The first-order valence-corrected chi connectivity index (χ1v) is 9.87. The molecule has 27 heavy (non-hydrogen) atoms. The zero-order valence-corrected chi connectivity index (χ0v) is 17.0. The lowest BCUT2D eigenvalue weighted by molar-refractivity contribution is -0.121. The van der Waals surface area contributed by atoms with Gasteiger partial charge in [-0.05, 0) is 26.0 Å². The van der Waals surface area contributed by atoms with Gasteiger partial charge in [-0.25, -0.2) is 4.98 Å². The van der Waals surface area contributed by atoms with Crippen molar-refractivity contribution in [3.05, 3.63) is 69.7 Å². The van der Waals surface area contributed by atoms with Gasteiger partial charge in [-0.3, -0.25) is 4.79 Å². The molecule has 1 aromatic heterocycles. The molecular formula is C21H21ClN2O2S. The second kappa shape index (κ2) is 8.55. The molecule has 1 heterocycles. The Morgan fingerprint density at radius 3 is 2.81 bits per heavy atom. The third-order valence-electron chi connectivity index (χ3n) is 4.23. The minimum Gasteiger partial charge on any atom is -0.496 e. The van der Waals surface area contributed by atoms with Crippen LogP contribution in [0, 0.1) is 6.92 Å². The van der Waals surface area contributed by atoms with Gasteiger partial charge < -0.3 is 10.1 Å². The molecule has 0 saturated carbocycles. The van der Waals surface area contributed by atoms with Crippen LogP contribution in [0.5, 0.6) is 5.75 Å². The minimum absolute atomic E-state index is 0.0814. The lowest BCUT2D eigenvalue weighted by atomic mass is 10.0. The predicted octanol–water partition coefficient (Wildman–Crippen LogP) is 5.20. The van der Waals surface area contributed by atoms with Gasteiger partial charge in [-0.2, -0.15) is 0 Å². The zero-order chi connectivity index (χ0) is 19.4. The number of amides is 1. The van der Waals surface area contributed by atoms with E-state index >= 15 is 0 Å². The molecule has 4 nitrogen and oxygen atoms in total. The molecule has 140 valence electrons. The highest BCUT2D eigenvalue weighted by Gasteiger charge is 2.16. The summed E-state index contributed by atoms with van der Waals surface area (Å²) in [6.07, 6.45) is 0.222. The van der Waals surface area contributed by atoms with Crippen molar-refractivity contribution in [1.29, 1.82) is 0 Å². The van der Waals surface area contributed by atoms with Crippen LogP contribution in [0.4, 0.5) is 0 Å². The molecule has 2 aromatic carbocycles. The van der Waals surface area contributed by atoms with Crippen molar-refractivity contribution >= 4 is 28.8 Å². The van der Waals surface area contributed by atoms with E-state index < -0.39 is 0 Å². The number of thiazole rings is 1. The number of methoxy groups -OCH3 is 1. The van der Waals surface area contributed by atoms with Crippen LogP contribution < -0.4 is 10.1 Å². The van der Waals surface area contributed by atoms with E-state index in [1.807, 2.05) is 61.7 Å². The number of nitrogens with one attached hydrogen (secondary N) is 1. The van der Waals surface area contributed by atoms with E-state index in [1.165, 1.54) is 11.3 Å². The molecule has 0 aliphatic carbocycles. The van der Waals surface area contributed by atoms with Crippen molar-refractivity contribution < 1.29 is 9.53 Å². The summed E-state index contributed by atoms with van der Waals surface area (Å²) in [4.78, 5) is 17.0. The second-order valence-electron chi connectivity index (χ2n) is 6.34. The summed E-state index contributed by atoms with van der Waals surface area (Å²) in [6.45, 7) is 3.97. The van der Waals surface area contributed by atoms with Gasteiger partial charge in [0.25, 0.3) is 0 Å². The largest absolute Gasteiger partial charge is 0.496 e. The molecule has 0 saturated heterocycles. The fraction of sp³-hybridized carbons (Fsp3) is 0.238. The average Bonchev–Trinajstić information content (AvgIpc) is 3.10. The molecular weight excluding hydrogens is 380 g/mol. The fourth-order valence-electron chi connectivity index (χ4n) is 2.87. The van der Waals surface area contributed by atoms with Gasteiger partial charge in [-0.15, -0.1) is 11.3 Å². The van der Waals surface area contributed by atoms with Crippen molar-refractivity contribution in [1.82, 2.24) is 10.3 Å². The summed E-state index contributed by atoms with van der Waals surface area (Å²) in [7, 11) is 1.63. The predicted molar refractivity (Wildman–Crippen MR) is 111 cm³/mol. The van der Waals surface area contributed by atoms with Gasteiger partial charge >= 0.3 is 0 Å². The van der Waals surface area contributed by atoms with Crippen LogP contribution in [-0.2, 0) is 11.2 Å². The van der Waals surface area contributed by atoms with E-state index in [2.05, 4.69) is 10.3 Å². The molecule has 3 rings (SSSR count). The van der Waals surface area contributed by atoms with Crippen LogP contribution in [0.25, 0.3) is 10.6 Å². The Labute approximate surface area is 168 Å². The number of halogens is 1. The lowest BCUT2D eigenvalue weighted by Gasteiger charge is -2.17. The first-order valence-electron chi connectivity index (χ1n) is 8.61. The molecule has 0 bridgehead atoms. The van der Waals surface area contributed by atoms with E-state index in [0.29, 0.717) is 5.02 Å². The summed E-state index contributed by atoms with van der Waals surface area (Å²) >= 11 is 7.71. The van der Waals surface area contributed by atoms with Gasteiger partial charge in [0.05, 0.1) is 30.3 Å². The Morgan fingerprint density at radius 1 is 1.30 bits per heavy atom. The minimum atomic E-state index is -0.158. The number of aromatic nitrogens is 1. The molecule has 0 spiro atoms. The van der Waals surface area contributed by atoms with Crippen LogP contribution in [0.1, 0.15) is 29.8 Å². The van der Waals surface area contributed by atoms with Crippen LogP contribution in [0.3, 0.4) is 0 Å². The number of hydrogen-bond acceptors (Lipinski definition) is 4. The maximum atomic E-state index is 12.5. The third-order valence-corrected chi connectivity index (χ3v) is 5.48. The average molecular weight is 401 g/mol. The molecule has 6 heteroatoms. The van der Waals surface area contributed by atoms with Crippen molar-refractivity contribution in [2.24, 2.45) is 0 Å². The summed E-state index contributed by atoms with van der Waals surface area (Å²) in [5.74, 6) is 0.685. The summed E-state index contributed by atoms with van der Waals surface area (Å²) in [5, 5.41) is 6.40. The summed E-state index contributed by atoms with van der Waals surface area (Å²) < 4.78 is 5.41. The Kier molecular flexibility index (Phi) is 6.14. The Bertz CT molecular complexity index is 955. The molecule has 0 fully saturated rings.